The summed E-state index contributed by atoms with van der Waals surface area (Å²) in [7, 11) is 1.48. The van der Waals surface area contributed by atoms with Crippen molar-refractivity contribution in [2.75, 3.05) is 12.4 Å². The first-order valence-corrected chi connectivity index (χ1v) is 7.34. The van der Waals surface area contributed by atoms with Gasteiger partial charge >= 0.3 is 6.01 Å². The van der Waals surface area contributed by atoms with E-state index in [9.17, 15) is 4.39 Å². The fourth-order valence-electron chi connectivity index (χ4n) is 2.30. The molecule has 0 saturated carbocycles. The van der Waals surface area contributed by atoms with Crippen LogP contribution in [0.5, 0.6) is 6.01 Å². The molecule has 0 atom stereocenters. The van der Waals surface area contributed by atoms with Crippen LogP contribution < -0.4 is 10.1 Å². The maximum absolute atomic E-state index is 13.9. The van der Waals surface area contributed by atoms with Crippen LogP contribution >= 0.6 is 0 Å². The van der Waals surface area contributed by atoms with Crippen molar-refractivity contribution in [1.82, 2.24) is 29.5 Å². The fourth-order valence-corrected chi connectivity index (χ4v) is 2.30. The molecule has 124 valence electrons. The Labute approximate surface area is 141 Å². The monoisotopic (exact) mass is 337 g/mol. The number of fused-ring (bicyclic) bond motifs is 1. The summed E-state index contributed by atoms with van der Waals surface area (Å²) in [4.78, 5) is 16.4. The predicted molar refractivity (Wildman–Crippen MR) is 88.0 cm³/mol. The summed E-state index contributed by atoms with van der Waals surface area (Å²) in [6, 6.07) is 7.06. The van der Waals surface area contributed by atoms with Crippen LogP contribution in [0.1, 0.15) is 0 Å². The van der Waals surface area contributed by atoms with Gasteiger partial charge in [-0.15, -0.1) is 5.10 Å². The molecular formula is C16H12FN7O. The lowest BCUT2D eigenvalue weighted by Gasteiger charge is -2.10. The Morgan fingerprint density at radius 2 is 2.08 bits per heavy atom. The molecule has 0 bridgehead atoms. The number of nitrogens with one attached hydrogen (secondary N) is 1. The van der Waals surface area contributed by atoms with Gasteiger partial charge in [0.1, 0.15) is 11.2 Å². The molecule has 4 aromatic heterocycles. The second-order valence-electron chi connectivity index (χ2n) is 5.03. The summed E-state index contributed by atoms with van der Waals surface area (Å²) in [5.74, 6) is 0.315. The number of ether oxygens (including phenoxy) is 1. The van der Waals surface area contributed by atoms with Gasteiger partial charge in [0, 0.05) is 18.6 Å². The standard InChI is InChI=1S/C16H12FN7O/c1-25-16-19-7-5-12(21-16)14-22-15(13-3-2-8-24(13)23-14)20-11-4-6-18-9-10(11)17/h2-9H,1H3,(H,18,20,22,23). The number of halogens is 1. The van der Waals surface area contributed by atoms with E-state index in [1.165, 1.54) is 19.4 Å². The SMILES string of the molecule is COc1nccc(-c2nc(Nc3ccncc3F)c3cccn3n2)n1. The number of hydrogen-bond acceptors (Lipinski definition) is 7. The van der Waals surface area contributed by atoms with Crippen LogP contribution in [-0.2, 0) is 0 Å². The van der Waals surface area contributed by atoms with Gasteiger partial charge in [0.2, 0.25) is 5.82 Å². The zero-order valence-electron chi connectivity index (χ0n) is 13.1. The number of pyridine rings is 1. The van der Waals surface area contributed by atoms with Crippen LogP contribution in [0.2, 0.25) is 0 Å². The molecule has 1 N–H and O–H groups in total. The number of anilines is 2. The van der Waals surface area contributed by atoms with Crippen LogP contribution in [-0.4, -0.2) is 36.7 Å². The van der Waals surface area contributed by atoms with Crippen LogP contribution in [0.4, 0.5) is 15.9 Å². The number of hydrogen-bond donors (Lipinski definition) is 1. The number of nitrogens with zero attached hydrogens (tertiary/aromatic N) is 6. The molecule has 4 rings (SSSR count). The third-order valence-electron chi connectivity index (χ3n) is 3.46. The lowest BCUT2D eigenvalue weighted by atomic mass is 10.3. The van der Waals surface area contributed by atoms with E-state index < -0.39 is 5.82 Å². The highest BCUT2D eigenvalue weighted by Crippen LogP contribution is 2.24. The summed E-state index contributed by atoms with van der Waals surface area (Å²) in [5.41, 5.74) is 1.45. The Morgan fingerprint density at radius 3 is 2.92 bits per heavy atom. The highest BCUT2D eigenvalue weighted by atomic mass is 19.1. The molecular weight excluding hydrogens is 325 g/mol. The molecule has 0 fully saturated rings. The van der Waals surface area contributed by atoms with Crippen molar-refractivity contribution in [1.29, 1.82) is 0 Å². The molecule has 0 aliphatic rings. The highest BCUT2D eigenvalue weighted by Gasteiger charge is 2.13. The Hall–Kier alpha value is -3.62. The van der Waals surface area contributed by atoms with Crippen molar-refractivity contribution in [2.45, 2.75) is 0 Å². The first-order valence-electron chi connectivity index (χ1n) is 7.34. The van der Waals surface area contributed by atoms with E-state index in [0.717, 1.165) is 6.20 Å². The molecule has 25 heavy (non-hydrogen) atoms. The second kappa shape index (κ2) is 6.11. The average molecular weight is 337 g/mol. The molecule has 0 aliphatic heterocycles. The van der Waals surface area contributed by atoms with Gasteiger partial charge in [0.05, 0.1) is 19.0 Å². The molecule has 8 nitrogen and oxygen atoms in total. The zero-order valence-corrected chi connectivity index (χ0v) is 13.1. The van der Waals surface area contributed by atoms with Gasteiger partial charge in [-0.25, -0.2) is 18.9 Å². The molecule has 0 amide bonds. The van der Waals surface area contributed by atoms with Crippen LogP contribution in [0, 0.1) is 5.82 Å². The van der Waals surface area contributed by atoms with E-state index in [2.05, 4.69) is 30.4 Å². The minimum Gasteiger partial charge on any atom is -0.467 e. The highest BCUT2D eigenvalue weighted by molar-refractivity contribution is 5.74. The topological polar surface area (TPSA) is 90.1 Å². The van der Waals surface area contributed by atoms with Crippen molar-refractivity contribution in [3.8, 4) is 17.5 Å². The zero-order chi connectivity index (χ0) is 17.2. The summed E-state index contributed by atoms with van der Waals surface area (Å²) in [5, 5.41) is 7.40. The van der Waals surface area contributed by atoms with E-state index >= 15 is 0 Å². The van der Waals surface area contributed by atoms with Crippen molar-refractivity contribution < 1.29 is 9.13 Å². The Morgan fingerprint density at radius 1 is 1.16 bits per heavy atom. The lowest BCUT2D eigenvalue weighted by molar-refractivity contribution is 0.380. The third-order valence-corrected chi connectivity index (χ3v) is 3.46. The molecule has 4 heterocycles. The van der Waals surface area contributed by atoms with Gasteiger partial charge in [0.25, 0.3) is 0 Å². The van der Waals surface area contributed by atoms with E-state index in [0.29, 0.717) is 22.9 Å². The average Bonchev–Trinajstić information content (AvgIpc) is 3.12. The maximum atomic E-state index is 13.9. The Kier molecular flexibility index (Phi) is 3.65. The largest absolute Gasteiger partial charge is 0.467 e. The second-order valence-corrected chi connectivity index (χ2v) is 5.03. The third kappa shape index (κ3) is 2.82. The van der Waals surface area contributed by atoms with Gasteiger partial charge in [-0.05, 0) is 24.3 Å². The van der Waals surface area contributed by atoms with E-state index in [4.69, 9.17) is 4.74 Å². The quantitative estimate of drug-likeness (QED) is 0.612. The van der Waals surface area contributed by atoms with Crippen molar-refractivity contribution >= 4 is 17.0 Å². The van der Waals surface area contributed by atoms with Crippen LogP contribution in [0.15, 0.2) is 49.1 Å². The molecule has 0 saturated heterocycles. The molecule has 0 aromatic carbocycles. The minimum atomic E-state index is -0.476. The predicted octanol–water partition coefficient (Wildman–Crippen LogP) is 2.47. The molecule has 0 radical (unpaired) electrons. The molecule has 0 unspecified atom stereocenters. The number of aromatic nitrogens is 6. The summed E-state index contributed by atoms with van der Waals surface area (Å²) < 4.78 is 20.6. The van der Waals surface area contributed by atoms with E-state index in [1.807, 2.05) is 12.1 Å². The van der Waals surface area contributed by atoms with Gasteiger partial charge in [-0.1, -0.05) is 0 Å². The van der Waals surface area contributed by atoms with E-state index in [-0.39, 0.29) is 11.7 Å². The summed E-state index contributed by atoms with van der Waals surface area (Å²) >= 11 is 0. The Balaban J connectivity index is 1.83. The maximum Gasteiger partial charge on any atom is 0.316 e. The lowest BCUT2D eigenvalue weighted by Crippen LogP contribution is -2.05. The van der Waals surface area contributed by atoms with E-state index in [1.54, 1.807) is 23.0 Å². The van der Waals surface area contributed by atoms with Gasteiger partial charge in [-0.3, -0.25) is 4.98 Å². The first-order chi connectivity index (χ1) is 12.2. The normalized spacial score (nSPS) is 10.8. The van der Waals surface area contributed by atoms with Gasteiger partial charge in [0.15, 0.2) is 11.6 Å². The Bertz CT molecular complexity index is 1050. The first kappa shape index (κ1) is 14.9. The van der Waals surface area contributed by atoms with Crippen molar-refractivity contribution in [3.63, 3.8) is 0 Å². The summed E-state index contributed by atoms with van der Waals surface area (Å²) in [6.45, 7) is 0. The van der Waals surface area contributed by atoms with Gasteiger partial charge in [-0.2, -0.15) is 4.98 Å². The number of rotatable bonds is 4. The molecule has 0 spiro atoms. The van der Waals surface area contributed by atoms with Crippen LogP contribution in [0.3, 0.4) is 0 Å². The number of methoxy groups -OCH3 is 1. The minimum absolute atomic E-state index is 0.211. The van der Waals surface area contributed by atoms with Gasteiger partial charge < -0.3 is 10.1 Å². The molecule has 4 aromatic rings. The molecule has 9 heteroatoms. The van der Waals surface area contributed by atoms with Crippen molar-refractivity contribution in [2.24, 2.45) is 0 Å². The molecule has 0 aliphatic carbocycles. The fraction of sp³-hybridized carbons (Fsp3) is 0.0625. The van der Waals surface area contributed by atoms with Crippen LogP contribution in [0.25, 0.3) is 17.0 Å². The smallest absolute Gasteiger partial charge is 0.316 e. The summed E-state index contributed by atoms with van der Waals surface area (Å²) in [6.07, 6.45) is 5.96. The van der Waals surface area contributed by atoms with Crippen molar-refractivity contribution in [3.05, 3.63) is 54.9 Å².